The Balaban J connectivity index is 1.37. The smallest absolute Gasteiger partial charge is 0.410 e. The highest BCUT2D eigenvalue weighted by molar-refractivity contribution is 5.70. The molecular weight excluding hydrogens is 348 g/mol. The van der Waals surface area contributed by atoms with Crippen molar-refractivity contribution in [2.45, 2.75) is 32.4 Å². The summed E-state index contributed by atoms with van der Waals surface area (Å²) in [5.41, 5.74) is 5.55. The third-order valence-corrected chi connectivity index (χ3v) is 5.06. The number of amides is 1. The molecule has 2 aromatic rings. The van der Waals surface area contributed by atoms with Crippen molar-refractivity contribution < 1.29 is 9.53 Å². The fourth-order valence-electron chi connectivity index (χ4n) is 3.51. The van der Waals surface area contributed by atoms with Crippen molar-refractivity contribution in [3.63, 3.8) is 0 Å². The molecule has 1 saturated heterocycles. The van der Waals surface area contributed by atoms with Crippen LogP contribution in [-0.4, -0.2) is 28.6 Å². The van der Waals surface area contributed by atoms with E-state index in [0.717, 1.165) is 35.2 Å². The average molecular weight is 372 g/mol. The molecule has 0 radical (unpaired) electrons. The molecule has 1 fully saturated rings. The van der Waals surface area contributed by atoms with Crippen LogP contribution in [0.15, 0.2) is 78.5 Å². The van der Waals surface area contributed by atoms with Gasteiger partial charge in [-0.3, -0.25) is 4.98 Å². The number of ether oxygens (including phenoxy) is 1. The number of aryl methyl sites for hydroxylation is 1. The zero-order valence-corrected chi connectivity index (χ0v) is 16.0. The number of carbonyl (C=O) groups excluding carboxylic acids is 1. The van der Waals surface area contributed by atoms with Gasteiger partial charge in [0.2, 0.25) is 0 Å². The Morgan fingerprint density at radius 3 is 2.71 bits per heavy atom. The van der Waals surface area contributed by atoms with E-state index >= 15 is 0 Å². The Bertz CT molecular complexity index is 924. The molecule has 1 aromatic carbocycles. The van der Waals surface area contributed by atoms with Gasteiger partial charge >= 0.3 is 6.09 Å². The largest absolute Gasteiger partial charge is 0.444 e. The molecular formula is C24H24N2O2. The van der Waals surface area contributed by atoms with Gasteiger partial charge in [-0.2, -0.15) is 0 Å². The first-order chi connectivity index (χ1) is 13.7. The van der Waals surface area contributed by atoms with Crippen LogP contribution in [0.5, 0.6) is 0 Å². The maximum Gasteiger partial charge on any atom is 0.410 e. The molecule has 4 rings (SSSR count). The zero-order chi connectivity index (χ0) is 19.3. The first kappa shape index (κ1) is 18.2. The van der Waals surface area contributed by atoms with Crippen LogP contribution in [0.3, 0.4) is 0 Å². The van der Waals surface area contributed by atoms with Crippen molar-refractivity contribution in [3.05, 3.63) is 89.8 Å². The van der Waals surface area contributed by atoms with Gasteiger partial charge in [0.25, 0.3) is 0 Å². The highest BCUT2D eigenvalue weighted by atomic mass is 16.6. The van der Waals surface area contributed by atoms with Crippen LogP contribution >= 0.6 is 0 Å². The molecule has 2 heterocycles. The normalized spacial score (nSPS) is 18.8. The van der Waals surface area contributed by atoms with Crippen LogP contribution in [0.2, 0.25) is 0 Å². The zero-order valence-electron chi connectivity index (χ0n) is 16.0. The van der Waals surface area contributed by atoms with Crippen LogP contribution in [0, 0.1) is 6.92 Å². The van der Waals surface area contributed by atoms with Crippen molar-refractivity contribution in [1.29, 1.82) is 0 Å². The molecule has 4 heteroatoms. The van der Waals surface area contributed by atoms with E-state index in [4.69, 9.17) is 4.74 Å². The summed E-state index contributed by atoms with van der Waals surface area (Å²) in [4.78, 5) is 18.4. The Kier molecular flexibility index (Phi) is 5.38. The number of hydrogen-bond donors (Lipinski definition) is 0. The molecule has 4 nitrogen and oxygen atoms in total. The number of cyclic esters (lactones) is 1. The van der Waals surface area contributed by atoms with Crippen LogP contribution < -0.4 is 0 Å². The number of aromatic nitrogens is 1. The summed E-state index contributed by atoms with van der Waals surface area (Å²) in [6.45, 7) is 3.17. The Morgan fingerprint density at radius 2 is 1.93 bits per heavy atom. The standard InChI is InChI=1S/C24H24N2O2/c1-18-8-11-22(15-25-18)21-12-9-20(10-13-21)16-26-17-23(28-24(26)27)14-19-6-4-2-3-5-7-19/h2-4,6-13,15,23H,5,14,16-17H2,1H3. The lowest BCUT2D eigenvalue weighted by atomic mass is 10.0. The summed E-state index contributed by atoms with van der Waals surface area (Å²) in [6.07, 6.45) is 13.8. The van der Waals surface area contributed by atoms with E-state index in [2.05, 4.69) is 53.5 Å². The van der Waals surface area contributed by atoms with Crippen LogP contribution in [0.25, 0.3) is 11.1 Å². The van der Waals surface area contributed by atoms with Crippen LogP contribution in [0.1, 0.15) is 24.1 Å². The number of pyridine rings is 1. The van der Waals surface area contributed by atoms with E-state index in [1.165, 1.54) is 5.57 Å². The van der Waals surface area contributed by atoms with Gasteiger partial charge in [-0.1, -0.05) is 60.7 Å². The Hall–Kier alpha value is -3.14. The van der Waals surface area contributed by atoms with Crippen molar-refractivity contribution in [2.24, 2.45) is 0 Å². The van der Waals surface area contributed by atoms with E-state index in [-0.39, 0.29) is 12.2 Å². The summed E-state index contributed by atoms with van der Waals surface area (Å²) >= 11 is 0. The minimum atomic E-state index is -0.229. The molecule has 0 spiro atoms. The van der Waals surface area contributed by atoms with E-state index in [1.54, 1.807) is 4.90 Å². The third-order valence-electron chi connectivity index (χ3n) is 5.06. The molecule has 2 aliphatic rings. The Morgan fingerprint density at radius 1 is 1.11 bits per heavy atom. The molecule has 1 aliphatic heterocycles. The molecule has 0 bridgehead atoms. The monoisotopic (exact) mass is 372 g/mol. The van der Waals surface area contributed by atoms with Crippen molar-refractivity contribution >= 4 is 6.09 Å². The lowest BCUT2D eigenvalue weighted by molar-refractivity contribution is 0.132. The maximum absolute atomic E-state index is 12.3. The van der Waals surface area contributed by atoms with Gasteiger partial charge in [-0.05, 0) is 36.1 Å². The number of benzene rings is 1. The minimum Gasteiger partial charge on any atom is -0.444 e. The number of rotatable bonds is 5. The van der Waals surface area contributed by atoms with Gasteiger partial charge in [0.1, 0.15) is 6.10 Å². The fraction of sp³-hybridized carbons (Fsp3) is 0.250. The molecule has 28 heavy (non-hydrogen) atoms. The van der Waals surface area contributed by atoms with Gasteiger partial charge in [0.15, 0.2) is 0 Å². The van der Waals surface area contributed by atoms with Crippen molar-refractivity contribution in [3.8, 4) is 11.1 Å². The van der Waals surface area contributed by atoms with E-state index in [0.29, 0.717) is 13.1 Å². The molecule has 1 amide bonds. The van der Waals surface area contributed by atoms with Gasteiger partial charge in [-0.15, -0.1) is 0 Å². The van der Waals surface area contributed by atoms with E-state index in [1.807, 2.05) is 31.3 Å². The van der Waals surface area contributed by atoms with Crippen LogP contribution in [0.4, 0.5) is 4.79 Å². The van der Waals surface area contributed by atoms with E-state index < -0.39 is 0 Å². The molecule has 0 saturated carbocycles. The number of nitrogens with zero attached hydrogens (tertiary/aromatic N) is 2. The van der Waals surface area contributed by atoms with E-state index in [9.17, 15) is 4.79 Å². The summed E-state index contributed by atoms with van der Waals surface area (Å²) < 4.78 is 5.58. The topological polar surface area (TPSA) is 42.4 Å². The first-order valence-electron chi connectivity index (χ1n) is 9.67. The average Bonchev–Trinajstić information content (AvgIpc) is 2.88. The van der Waals surface area contributed by atoms with Gasteiger partial charge < -0.3 is 9.64 Å². The maximum atomic E-state index is 12.3. The van der Waals surface area contributed by atoms with Gasteiger partial charge in [0.05, 0.1) is 6.54 Å². The lowest BCUT2D eigenvalue weighted by Crippen LogP contribution is -2.24. The first-order valence-corrected chi connectivity index (χ1v) is 9.67. The van der Waals surface area contributed by atoms with Gasteiger partial charge in [0, 0.05) is 30.4 Å². The molecule has 1 aromatic heterocycles. The second-order valence-corrected chi connectivity index (χ2v) is 7.28. The summed E-state index contributed by atoms with van der Waals surface area (Å²) in [7, 11) is 0. The molecule has 1 aliphatic carbocycles. The van der Waals surface area contributed by atoms with Crippen molar-refractivity contribution in [2.75, 3.05) is 6.54 Å². The number of carbonyl (C=O) groups is 1. The second kappa shape index (κ2) is 8.26. The minimum absolute atomic E-state index is 0.0839. The fourth-order valence-corrected chi connectivity index (χ4v) is 3.51. The van der Waals surface area contributed by atoms with Crippen LogP contribution in [-0.2, 0) is 11.3 Å². The summed E-state index contributed by atoms with van der Waals surface area (Å²) in [5.74, 6) is 0. The highest BCUT2D eigenvalue weighted by Gasteiger charge is 2.31. The Labute approximate surface area is 165 Å². The molecule has 1 atom stereocenters. The highest BCUT2D eigenvalue weighted by Crippen LogP contribution is 2.23. The summed E-state index contributed by atoms with van der Waals surface area (Å²) in [6, 6.07) is 12.4. The molecule has 0 N–H and O–H groups in total. The second-order valence-electron chi connectivity index (χ2n) is 7.28. The molecule has 142 valence electrons. The SMILES string of the molecule is Cc1ccc(-c2ccc(CN3CC(CC4=CCC=CC=C4)OC3=O)cc2)cn1. The van der Waals surface area contributed by atoms with Gasteiger partial charge in [-0.25, -0.2) is 4.79 Å². The van der Waals surface area contributed by atoms with Crippen molar-refractivity contribution in [1.82, 2.24) is 9.88 Å². The number of hydrogen-bond acceptors (Lipinski definition) is 3. The quantitative estimate of drug-likeness (QED) is 0.723. The summed E-state index contributed by atoms with van der Waals surface area (Å²) in [5, 5.41) is 0. The predicted molar refractivity (Wildman–Crippen MR) is 111 cm³/mol. The predicted octanol–water partition coefficient (Wildman–Crippen LogP) is 5.21. The lowest BCUT2D eigenvalue weighted by Gasteiger charge is -2.13. The third kappa shape index (κ3) is 4.39. The molecule has 1 unspecified atom stereocenters. The number of allylic oxidation sites excluding steroid dienone is 5.